The number of hydrogen-bond acceptors (Lipinski definition) is 4. The van der Waals surface area contributed by atoms with Gasteiger partial charge >= 0.3 is 0 Å². The van der Waals surface area contributed by atoms with Crippen molar-refractivity contribution in [3.63, 3.8) is 0 Å². The minimum Gasteiger partial charge on any atom is -0.469 e. The predicted molar refractivity (Wildman–Crippen MR) is 81.8 cm³/mol. The van der Waals surface area contributed by atoms with E-state index in [2.05, 4.69) is 22.9 Å². The third-order valence-corrected chi connectivity index (χ3v) is 3.60. The van der Waals surface area contributed by atoms with Gasteiger partial charge in [0.2, 0.25) is 0 Å². The molecular formula is C16H23N3O. The molecule has 2 aromatic rings. The molecule has 2 N–H and O–H groups in total. The molecule has 0 saturated heterocycles. The number of pyridine rings is 1. The molecule has 108 valence electrons. The molecule has 20 heavy (non-hydrogen) atoms. The van der Waals surface area contributed by atoms with Crippen molar-refractivity contribution >= 4 is 5.82 Å². The van der Waals surface area contributed by atoms with E-state index in [0.29, 0.717) is 0 Å². The lowest BCUT2D eigenvalue weighted by molar-refractivity contribution is 0.529. The van der Waals surface area contributed by atoms with E-state index >= 15 is 0 Å². The third-order valence-electron chi connectivity index (χ3n) is 3.60. The lowest BCUT2D eigenvalue weighted by Crippen LogP contribution is -2.22. The molecule has 0 aliphatic rings. The van der Waals surface area contributed by atoms with Gasteiger partial charge in [-0.1, -0.05) is 13.0 Å². The molecule has 0 fully saturated rings. The van der Waals surface area contributed by atoms with Crippen LogP contribution in [0.4, 0.5) is 5.82 Å². The molecule has 2 aromatic heterocycles. The Bertz CT molecular complexity index is 533. The summed E-state index contributed by atoms with van der Waals surface area (Å²) in [6.07, 6.45) is 5.51. The molecule has 0 aliphatic carbocycles. The van der Waals surface area contributed by atoms with Crippen molar-refractivity contribution in [2.45, 2.75) is 39.3 Å². The Hall–Kier alpha value is -1.81. The van der Waals surface area contributed by atoms with Gasteiger partial charge in [-0.05, 0) is 37.5 Å². The first-order valence-electron chi connectivity index (χ1n) is 7.04. The van der Waals surface area contributed by atoms with E-state index in [1.807, 2.05) is 32.3 Å². The lowest BCUT2D eigenvalue weighted by Gasteiger charge is -2.18. The highest BCUT2D eigenvalue weighted by atomic mass is 16.3. The van der Waals surface area contributed by atoms with Crippen LogP contribution in [0.3, 0.4) is 0 Å². The van der Waals surface area contributed by atoms with Crippen LogP contribution < -0.4 is 10.6 Å². The normalized spacial score (nSPS) is 12.4. The van der Waals surface area contributed by atoms with Gasteiger partial charge in [-0.15, -0.1) is 0 Å². The second-order valence-corrected chi connectivity index (χ2v) is 5.26. The quantitative estimate of drug-likeness (QED) is 0.879. The van der Waals surface area contributed by atoms with E-state index in [1.54, 1.807) is 6.26 Å². The Balaban J connectivity index is 2.00. The Morgan fingerprint density at radius 1 is 1.35 bits per heavy atom. The van der Waals surface area contributed by atoms with Crippen LogP contribution in [0.1, 0.15) is 30.2 Å². The average Bonchev–Trinajstić information content (AvgIpc) is 2.85. The van der Waals surface area contributed by atoms with Gasteiger partial charge in [0.1, 0.15) is 11.6 Å². The monoisotopic (exact) mass is 273 g/mol. The van der Waals surface area contributed by atoms with Gasteiger partial charge in [-0.3, -0.25) is 0 Å². The second-order valence-electron chi connectivity index (χ2n) is 5.26. The van der Waals surface area contributed by atoms with E-state index in [0.717, 1.165) is 31.0 Å². The molecule has 0 amide bonds. The molecule has 0 aliphatic heterocycles. The summed E-state index contributed by atoms with van der Waals surface area (Å²) in [5.41, 5.74) is 8.34. The first-order chi connectivity index (χ1) is 9.60. The highest BCUT2D eigenvalue weighted by Gasteiger charge is 2.08. The average molecular weight is 273 g/mol. The molecule has 0 bridgehead atoms. The van der Waals surface area contributed by atoms with Crippen LogP contribution in [0.2, 0.25) is 0 Å². The molecule has 1 unspecified atom stereocenters. The number of hydrogen-bond donors (Lipinski definition) is 1. The zero-order valence-electron chi connectivity index (χ0n) is 12.5. The van der Waals surface area contributed by atoms with Crippen LogP contribution in [0.5, 0.6) is 0 Å². The van der Waals surface area contributed by atoms with E-state index in [4.69, 9.17) is 10.2 Å². The van der Waals surface area contributed by atoms with Crippen molar-refractivity contribution in [3.8, 4) is 0 Å². The fourth-order valence-electron chi connectivity index (χ4n) is 2.12. The number of rotatable bonds is 6. The number of aryl methyl sites for hydroxylation is 1. The summed E-state index contributed by atoms with van der Waals surface area (Å²) in [6, 6.07) is 6.37. The van der Waals surface area contributed by atoms with Crippen LogP contribution in [0.15, 0.2) is 35.1 Å². The maximum atomic E-state index is 5.96. The van der Waals surface area contributed by atoms with Crippen molar-refractivity contribution in [1.82, 2.24) is 4.98 Å². The molecular weight excluding hydrogens is 250 g/mol. The number of nitrogens with zero attached hydrogens (tertiary/aromatic N) is 2. The first-order valence-corrected chi connectivity index (χ1v) is 7.04. The van der Waals surface area contributed by atoms with Gasteiger partial charge in [-0.25, -0.2) is 4.98 Å². The standard InChI is InChI=1S/C16H23N3O/c1-4-15(17)9-13-5-6-16(18-10-13)19(3)11-14-7-8-20-12(14)2/h5-8,10,15H,4,9,11,17H2,1-3H3. The summed E-state index contributed by atoms with van der Waals surface area (Å²) >= 11 is 0. The zero-order chi connectivity index (χ0) is 14.5. The van der Waals surface area contributed by atoms with E-state index in [-0.39, 0.29) is 6.04 Å². The smallest absolute Gasteiger partial charge is 0.128 e. The maximum Gasteiger partial charge on any atom is 0.128 e. The van der Waals surface area contributed by atoms with Gasteiger partial charge in [0.25, 0.3) is 0 Å². The molecule has 2 rings (SSSR count). The largest absolute Gasteiger partial charge is 0.469 e. The van der Waals surface area contributed by atoms with Gasteiger partial charge in [-0.2, -0.15) is 0 Å². The molecule has 4 heteroatoms. The summed E-state index contributed by atoms with van der Waals surface area (Å²) in [5, 5.41) is 0. The van der Waals surface area contributed by atoms with Crippen molar-refractivity contribution in [3.05, 3.63) is 47.5 Å². The predicted octanol–water partition coefficient (Wildman–Crippen LogP) is 2.90. The Morgan fingerprint density at radius 3 is 2.70 bits per heavy atom. The van der Waals surface area contributed by atoms with Gasteiger partial charge in [0.15, 0.2) is 0 Å². The van der Waals surface area contributed by atoms with Crippen LogP contribution in [-0.4, -0.2) is 18.1 Å². The summed E-state index contributed by atoms with van der Waals surface area (Å²) < 4.78 is 5.32. The third kappa shape index (κ3) is 3.61. The fraction of sp³-hybridized carbons (Fsp3) is 0.438. The summed E-state index contributed by atoms with van der Waals surface area (Å²) in [5.74, 6) is 1.92. The molecule has 0 saturated carbocycles. The van der Waals surface area contributed by atoms with Gasteiger partial charge in [0.05, 0.1) is 6.26 Å². The molecule has 4 nitrogen and oxygen atoms in total. The number of furan rings is 1. The van der Waals surface area contributed by atoms with Gasteiger partial charge < -0.3 is 15.1 Å². The minimum atomic E-state index is 0.217. The molecule has 0 radical (unpaired) electrons. The Morgan fingerprint density at radius 2 is 2.15 bits per heavy atom. The highest BCUT2D eigenvalue weighted by molar-refractivity contribution is 5.39. The lowest BCUT2D eigenvalue weighted by atomic mass is 10.1. The second kappa shape index (κ2) is 6.57. The first kappa shape index (κ1) is 14.6. The minimum absolute atomic E-state index is 0.217. The zero-order valence-corrected chi connectivity index (χ0v) is 12.5. The Kier molecular flexibility index (Phi) is 4.79. The molecule has 1 atom stereocenters. The maximum absolute atomic E-state index is 5.96. The van der Waals surface area contributed by atoms with E-state index < -0.39 is 0 Å². The number of anilines is 1. The summed E-state index contributed by atoms with van der Waals surface area (Å²) in [7, 11) is 2.03. The van der Waals surface area contributed by atoms with Crippen LogP contribution in [0.25, 0.3) is 0 Å². The molecule has 0 spiro atoms. The van der Waals surface area contributed by atoms with Crippen molar-refractivity contribution < 1.29 is 4.42 Å². The number of nitrogens with two attached hydrogens (primary N) is 1. The molecule has 0 aromatic carbocycles. The molecule has 2 heterocycles. The van der Waals surface area contributed by atoms with Crippen LogP contribution in [-0.2, 0) is 13.0 Å². The van der Waals surface area contributed by atoms with E-state index in [1.165, 1.54) is 11.1 Å². The highest BCUT2D eigenvalue weighted by Crippen LogP contribution is 2.16. The van der Waals surface area contributed by atoms with Crippen molar-refractivity contribution in [2.24, 2.45) is 5.73 Å². The van der Waals surface area contributed by atoms with E-state index in [9.17, 15) is 0 Å². The van der Waals surface area contributed by atoms with Crippen molar-refractivity contribution in [2.75, 3.05) is 11.9 Å². The Labute approximate surface area is 120 Å². The topological polar surface area (TPSA) is 55.3 Å². The van der Waals surface area contributed by atoms with Crippen LogP contribution in [0, 0.1) is 6.92 Å². The SMILES string of the molecule is CCC(N)Cc1ccc(N(C)Cc2ccoc2C)nc1. The number of aromatic nitrogens is 1. The summed E-state index contributed by atoms with van der Waals surface area (Å²) in [4.78, 5) is 6.63. The van der Waals surface area contributed by atoms with Gasteiger partial charge in [0, 0.05) is 31.4 Å². The summed E-state index contributed by atoms with van der Waals surface area (Å²) in [6.45, 7) is 4.88. The van der Waals surface area contributed by atoms with Crippen molar-refractivity contribution in [1.29, 1.82) is 0 Å². The van der Waals surface area contributed by atoms with Crippen LogP contribution >= 0.6 is 0 Å². The fourth-order valence-corrected chi connectivity index (χ4v) is 2.12.